The first-order valence-electron chi connectivity index (χ1n) is 9.12. The number of alkyl halides is 2. The molecular formula is C17H33Cl2N3O. The van der Waals surface area contributed by atoms with E-state index in [1.54, 1.807) is 0 Å². The van der Waals surface area contributed by atoms with Crippen LogP contribution < -0.4 is 5.32 Å². The number of unbranched alkanes of at least 4 members (excludes halogenated alkanes) is 4. The molecule has 0 aromatic heterocycles. The lowest BCUT2D eigenvalue weighted by molar-refractivity contribution is 0.0662. The summed E-state index contributed by atoms with van der Waals surface area (Å²) in [5.41, 5.74) is -0.283. The lowest BCUT2D eigenvalue weighted by Crippen LogP contribution is -2.49. The largest absolute Gasteiger partial charge is 0.378 e. The second-order valence-electron chi connectivity index (χ2n) is 6.09. The summed E-state index contributed by atoms with van der Waals surface area (Å²) in [4.78, 5) is 6.90. The van der Waals surface area contributed by atoms with E-state index in [0.717, 1.165) is 57.9 Å². The minimum absolute atomic E-state index is 0.0948. The van der Waals surface area contributed by atoms with E-state index in [0.29, 0.717) is 0 Å². The first-order chi connectivity index (χ1) is 11.2. The van der Waals surface area contributed by atoms with Crippen LogP contribution in [-0.4, -0.2) is 48.2 Å². The molecular weight excluding hydrogens is 333 g/mol. The summed E-state index contributed by atoms with van der Waals surface area (Å²) in [7, 11) is 0. The number of nitrogens with one attached hydrogen (secondary N) is 1. The molecule has 0 saturated carbocycles. The third-order valence-corrected chi connectivity index (χ3v) is 4.61. The van der Waals surface area contributed by atoms with Gasteiger partial charge in [-0.3, -0.25) is 0 Å². The van der Waals surface area contributed by atoms with E-state index in [9.17, 15) is 0 Å². The van der Waals surface area contributed by atoms with Crippen LogP contribution in [0.2, 0.25) is 0 Å². The van der Waals surface area contributed by atoms with Crippen molar-refractivity contribution in [1.82, 2.24) is 10.2 Å². The highest BCUT2D eigenvalue weighted by atomic mass is 35.5. The zero-order valence-corrected chi connectivity index (χ0v) is 16.2. The van der Waals surface area contributed by atoms with Gasteiger partial charge in [0.2, 0.25) is 0 Å². The van der Waals surface area contributed by atoms with E-state index >= 15 is 0 Å². The fourth-order valence-corrected chi connectivity index (χ4v) is 3.03. The van der Waals surface area contributed by atoms with Gasteiger partial charge in [-0.2, -0.15) is 0 Å². The predicted molar refractivity (Wildman–Crippen MR) is 101 cm³/mol. The molecule has 1 heterocycles. The van der Waals surface area contributed by atoms with Crippen LogP contribution >= 0.6 is 23.2 Å². The van der Waals surface area contributed by atoms with Crippen LogP contribution in [-0.2, 0) is 4.74 Å². The first-order valence-corrected chi connectivity index (χ1v) is 9.99. The molecule has 0 aromatic carbocycles. The average Bonchev–Trinajstić information content (AvgIpc) is 2.55. The van der Waals surface area contributed by atoms with E-state index in [2.05, 4.69) is 24.1 Å². The number of halogens is 2. The van der Waals surface area contributed by atoms with Crippen LogP contribution in [0.3, 0.4) is 0 Å². The van der Waals surface area contributed by atoms with Gasteiger partial charge in [-0.1, -0.05) is 75.6 Å². The summed E-state index contributed by atoms with van der Waals surface area (Å²) in [6.07, 6.45) is 8.92. The van der Waals surface area contributed by atoms with Crippen LogP contribution in [0.4, 0.5) is 0 Å². The Hall–Kier alpha value is -0.190. The average molecular weight is 366 g/mol. The zero-order chi connectivity index (χ0) is 16.9. The number of morpholine rings is 1. The fourth-order valence-electron chi connectivity index (χ4n) is 2.53. The van der Waals surface area contributed by atoms with Crippen molar-refractivity contribution in [2.45, 2.75) is 76.2 Å². The van der Waals surface area contributed by atoms with Crippen LogP contribution in [0.5, 0.6) is 0 Å². The molecule has 0 bridgehead atoms. The number of nitrogens with zero attached hydrogens (tertiary/aromatic N) is 2. The molecule has 0 aromatic rings. The number of hydrogen-bond acceptors (Lipinski definition) is 2. The Morgan fingerprint density at radius 2 is 1.65 bits per heavy atom. The van der Waals surface area contributed by atoms with Crippen LogP contribution in [0.1, 0.15) is 65.2 Å². The number of aliphatic imine (C=N–C) groups is 1. The molecule has 0 aliphatic carbocycles. The standard InChI is InChI=1S/C17H33Cl2N3O/c1-3-5-7-9-15(18)20-17(22-11-13-23-14-12-22)21-16(19)10-8-6-4-2/h15-16H,3-14H2,1-2H3,(H,20,21). The molecule has 1 fully saturated rings. The summed E-state index contributed by atoms with van der Waals surface area (Å²) < 4.78 is 5.43. The second-order valence-corrected chi connectivity index (χ2v) is 7.12. The van der Waals surface area contributed by atoms with Crippen molar-refractivity contribution in [1.29, 1.82) is 0 Å². The first kappa shape index (κ1) is 20.9. The van der Waals surface area contributed by atoms with Crippen LogP contribution in [0, 0.1) is 0 Å². The molecule has 0 amide bonds. The smallest absolute Gasteiger partial charge is 0.196 e. The van der Waals surface area contributed by atoms with Crippen LogP contribution in [0.25, 0.3) is 0 Å². The van der Waals surface area contributed by atoms with Gasteiger partial charge in [-0.15, -0.1) is 0 Å². The van der Waals surface area contributed by atoms with Crippen molar-refractivity contribution in [3.8, 4) is 0 Å². The van der Waals surface area contributed by atoms with Gasteiger partial charge < -0.3 is 15.0 Å². The maximum Gasteiger partial charge on any atom is 0.196 e. The molecule has 2 unspecified atom stereocenters. The molecule has 0 spiro atoms. The monoisotopic (exact) mass is 365 g/mol. The normalized spacial score (nSPS) is 18.8. The van der Waals surface area contributed by atoms with E-state index in [1.165, 1.54) is 25.7 Å². The lowest BCUT2D eigenvalue weighted by Gasteiger charge is -2.31. The Labute approximate surface area is 151 Å². The molecule has 136 valence electrons. The third kappa shape index (κ3) is 9.63. The highest BCUT2D eigenvalue weighted by Gasteiger charge is 2.19. The van der Waals surface area contributed by atoms with E-state index < -0.39 is 0 Å². The number of rotatable bonds is 10. The molecule has 0 radical (unpaired) electrons. The minimum atomic E-state index is -0.189. The quantitative estimate of drug-likeness (QED) is 0.203. The van der Waals surface area contributed by atoms with Gasteiger partial charge in [0.15, 0.2) is 5.96 Å². The molecule has 1 aliphatic heterocycles. The van der Waals surface area contributed by atoms with Gasteiger partial charge >= 0.3 is 0 Å². The minimum Gasteiger partial charge on any atom is -0.378 e. The van der Waals surface area contributed by atoms with Crippen molar-refractivity contribution >= 4 is 29.2 Å². The maximum absolute atomic E-state index is 6.45. The van der Waals surface area contributed by atoms with Gasteiger partial charge in [0.1, 0.15) is 11.0 Å². The molecule has 1 saturated heterocycles. The summed E-state index contributed by atoms with van der Waals surface area (Å²) in [5, 5.41) is 3.37. The number of hydrogen-bond donors (Lipinski definition) is 1. The Bertz CT molecular complexity index is 323. The third-order valence-electron chi connectivity index (χ3n) is 3.97. The summed E-state index contributed by atoms with van der Waals surface area (Å²) in [5.74, 6) is 0.835. The van der Waals surface area contributed by atoms with Crippen molar-refractivity contribution < 1.29 is 4.74 Å². The topological polar surface area (TPSA) is 36.9 Å². The number of ether oxygens (including phenoxy) is 1. The highest BCUT2D eigenvalue weighted by Crippen LogP contribution is 2.13. The summed E-state index contributed by atoms with van der Waals surface area (Å²) in [6.45, 7) is 7.53. The molecule has 1 aliphatic rings. The van der Waals surface area contributed by atoms with Crippen molar-refractivity contribution in [2.24, 2.45) is 4.99 Å². The SMILES string of the molecule is CCCCCC(Cl)/N=C(/NC(Cl)CCCCC)N1CCOCC1. The van der Waals surface area contributed by atoms with Crippen molar-refractivity contribution in [2.75, 3.05) is 26.3 Å². The Balaban J connectivity index is 2.56. The molecule has 23 heavy (non-hydrogen) atoms. The molecule has 1 N–H and O–H groups in total. The zero-order valence-electron chi connectivity index (χ0n) is 14.7. The maximum atomic E-state index is 6.45. The van der Waals surface area contributed by atoms with Gasteiger partial charge in [-0.05, 0) is 12.8 Å². The van der Waals surface area contributed by atoms with Crippen molar-refractivity contribution in [3.05, 3.63) is 0 Å². The highest BCUT2D eigenvalue weighted by molar-refractivity contribution is 6.22. The lowest BCUT2D eigenvalue weighted by atomic mass is 10.2. The van der Waals surface area contributed by atoms with Gasteiger partial charge in [0.25, 0.3) is 0 Å². The Morgan fingerprint density at radius 3 is 2.26 bits per heavy atom. The van der Waals surface area contributed by atoms with Gasteiger partial charge in [-0.25, -0.2) is 4.99 Å². The van der Waals surface area contributed by atoms with E-state index in [-0.39, 0.29) is 11.0 Å². The van der Waals surface area contributed by atoms with Gasteiger partial charge in [0, 0.05) is 13.1 Å². The molecule has 1 rings (SSSR count). The van der Waals surface area contributed by atoms with Crippen LogP contribution in [0.15, 0.2) is 4.99 Å². The van der Waals surface area contributed by atoms with E-state index in [4.69, 9.17) is 32.9 Å². The Morgan fingerprint density at radius 1 is 1.04 bits per heavy atom. The summed E-state index contributed by atoms with van der Waals surface area (Å²) in [6, 6.07) is 0. The molecule has 2 atom stereocenters. The second kappa shape index (κ2) is 13.1. The van der Waals surface area contributed by atoms with Crippen molar-refractivity contribution in [3.63, 3.8) is 0 Å². The van der Waals surface area contributed by atoms with Gasteiger partial charge in [0.05, 0.1) is 13.2 Å². The predicted octanol–water partition coefficient (Wildman–Crippen LogP) is 4.55. The fraction of sp³-hybridized carbons (Fsp3) is 0.941. The molecule has 6 heteroatoms. The summed E-state index contributed by atoms with van der Waals surface area (Å²) >= 11 is 12.9. The number of guanidine groups is 1. The van der Waals surface area contributed by atoms with E-state index in [1.807, 2.05) is 0 Å². The molecule has 4 nitrogen and oxygen atoms in total. The Kier molecular flexibility index (Phi) is 11.9.